The molecule has 2 heterocycles. The van der Waals surface area contributed by atoms with Crippen LogP contribution in [0, 0.1) is 0 Å². The fraction of sp³-hybridized carbons (Fsp3) is 0.273. The van der Waals surface area contributed by atoms with Crippen LogP contribution in [0.4, 0.5) is 0 Å². The molecular formula is C11H11BrClN3O. The van der Waals surface area contributed by atoms with Crippen LogP contribution in [0.25, 0.3) is 0 Å². The van der Waals surface area contributed by atoms with Crippen molar-refractivity contribution in [3.8, 4) is 11.6 Å². The zero-order valence-electron chi connectivity index (χ0n) is 9.39. The third kappa shape index (κ3) is 2.98. The normalized spacial score (nSPS) is 10.9. The summed E-state index contributed by atoms with van der Waals surface area (Å²) in [5.41, 5.74) is 0. The van der Waals surface area contributed by atoms with Gasteiger partial charge in [-0.1, -0.05) is 11.6 Å². The summed E-state index contributed by atoms with van der Waals surface area (Å²) in [5.74, 6) is 0.994. The van der Waals surface area contributed by atoms with Gasteiger partial charge in [-0.3, -0.25) is 4.68 Å². The molecule has 2 aromatic rings. The first-order valence-corrected chi connectivity index (χ1v) is 6.26. The molecule has 4 nitrogen and oxygen atoms in total. The summed E-state index contributed by atoms with van der Waals surface area (Å²) in [5, 5.41) is 4.63. The summed E-state index contributed by atoms with van der Waals surface area (Å²) < 4.78 is 8.17. The third-order valence-electron chi connectivity index (χ3n) is 2.10. The lowest BCUT2D eigenvalue weighted by molar-refractivity contribution is 0.459. The molecule has 90 valence electrons. The van der Waals surface area contributed by atoms with Crippen LogP contribution in [0.5, 0.6) is 11.6 Å². The highest BCUT2D eigenvalue weighted by atomic mass is 79.9. The van der Waals surface area contributed by atoms with E-state index < -0.39 is 0 Å². The Bertz CT molecular complexity index is 527. The van der Waals surface area contributed by atoms with Crippen LogP contribution in [-0.2, 0) is 0 Å². The molecule has 0 amide bonds. The first-order valence-electron chi connectivity index (χ1n) is 5.09. The molecular weight excluding hydrogens is 305 g/mol. The number of rotatable bonds is 3. The fourth-order valence-corrected chi connectivity index (χ4v) is 1.91. The molecule has 0 bridgehead atoms. The standard InChI is InChI=1S/C11H11BrClN3O/c1-7(2)16-6-9(5-15-16)17-11-10(13)3-8(12)4-14-11/h3-7H,1-2H3. The smallest absolute Gasteiger partial charge is 0.238 e. The summed E-state index contributed by atoms with van der Waals surface area (Å²) in [6, 6.07) is 2.03. The second-order valence-corrected chi connectivity index (χ2v) is 5.12. The first kappa shape index (κ1) is 12.4. The molecule has 17 heavy (non-hydrogen) atoms. The third-order valence-corrected chi connectivity index (χ3v) is 2.80. The van der Waals surface area contributed by atoms with E-state index in [9.17, 15) is 0 Å². The van der Waals surface area contributed by atoms with Gasteiger partial charge in [-0.25, -0.2) is 4.98 Å². The number of hydrogen-bond donors (Lipinski definition) is 0. The van der Waals surface area contributed by atoms with Crippen molar-refractivity contribution in [1.29, 1.82) is 0 Å². The molecule has 2 aromatic heterocycles. The van der Waals surface area contributed by atoms with Gasteiger partial charge in [0.15, 0.2) is 5.75 Å². The number of ether oxygens (including phenoxy) is 1. The Morgan fingerprint density at radius 3 is 2.76 bits per heavy atom. The van der Waals surface area contributed by atoms with Gasteiger partial charge in [0.05, 0.1) is 12.4 Å². The van der Waals surface area contributed by atoms with E-state index in [2.05, 4.69) is 26.0 Å². The van der Waals surface area contributed by atoms with Crippen LogP contribution >= 0.6 is 27.5 Å². The lowest BCUT2D eigenvalue weighted by Crippen LogP contribution is -1.99. The summed E-state index contributed by atoms with van der Waals surface area (Å²) in [6.07, 6.45) is 5.08. The van der Waals surface area contributed by atoms with E-state index >= 15 is 0 Å². The van der Waals surface area contributed by atoms with Crippen molar-refractivity contribution in [3.05, 3.63) is 34.2 Å². The topological polar surface area (TPSA) is 39.9 Å². The maximum absolute atomic E-state index is 6.00. The van der Waals surface area contributed by atoms with Crippen LogP contribution in [0.1, 0.15) is 19.9 Å². The molecule has 0 aliphatic rings. The van der Waals surface area contributed by atoms with Crippen molar-refractivity contribution in [2.75, 3.05) is 0 Å². The molecule has 0 radical (unpaired) electrons. The monoisotopic (exact) mass is 315 g/mol. The van der Waals surface area contributed by atoms with Gasteiger partial charge in [-0.05, 0) is 35.8 Å². The van der Waals surface area contributed by atoms with Crippen LogP contribution < -0.4 is 4.74 Å². The van der Waals surface area contributed by atoms with Crippen LogP contribution in [0.2, 0.25) is 5.02 Å². The molecule has 6 heteroatoms. The number of nitrogens with zero attached hydrogens (tertiary/aromatic N) is 3. The molecule has 0 fully saturated rings. The summed E-state index contributed by atoms with van der Waals surface area (Å²) in [7, 11) is 0. The van der Waals surface area contributed by atoms with Gasteiger partial charge in [-0.2, -0.15) is 5.10 Å². The van der Waals surface area contributed by atoms with Gasteiger partial charge in [0.2, 0.25) is 5.88 Å². The minimum absolute atomic E-state index is 0.292. The second-order valence-electron chi connectivity index (χ2n) is 3.79. The van der Waals surface area contributed by atoms with E-state index in [0.717, 1.165) is 4.47 Å². The zero-order chi connectivity index (χ0) is 12.4. The van der Waals surface area contributed by atoms with Crippen molar-refractivity contribution in [2.24, 2.45) is 0 Å². The van der Waals surface area contributed by atoms with E-state index in [0.29, 0.717) is 22.7 Å². The molecule has 0 aromatic carbocycles. The molecule has 0 aliphatic carbocycles. The Morgan fingerprint density at radius 1 is 1.41 bits per heavy atom. The number of hydrogen-bond acceptors (Lipinski definition) is 3. The van der Waals surface area contributed by atoms with Crippen molar-refractivity contribution < 1.29 is 4.74 Å². The number of pyridine rings is 1. The van der Waals surface area contributed by atoms with Gasteiger partial charge >= 0.3 is 0 Å². The SMILES string of the molecule is CC(C)n1cc(Oc2ncc(Br)cc2Cl)cn1. The molecule has 0 aliphatic heterocycles. The molecule has 0 saturated carbocycles. The van der Waals surface area contributed by atoms with Crippen LogP contribution in [0.3, 0.4) is 0 Å². The van der Waals surface area contributed by atoms with Gasteiger partial charge in [-0.15, -0.1) is 0 Å². The Kier molecular flexibility index (Phi) is 3.69. The minimum Gasteiger partial charge on any atom is -0.434 e. The maximum Gasteiger partial charge on any atom is 0.238 e. The maximum atomic E-state index is 6.00. The quantitative estimate of drug-likeness (QED) is 0.857. The minimum atomic E-state index is 0.292. The summed E-state index contributed by atoms with van der Waals surface area (Å²) in [4.78, 5) is 4.09. The predicted octanol–water partition coefficient (Wildman–Crippen LogP) is 4.07. The van der Waals surface area contributed by atoms with E-state index in [4.69, 9.17) is 16.3 Å². The van der Waals surface area contributed by atoms with Crippen molar-refractivity contribution in [2.45, 2.75) is 19.9 Å². The van der Waals surface area contributed by atoms with Gasteiger partial charge in [0, 0.05) is 16.7 Å². The Balaban J connectivity index is 2.19. The molecule has 2 rings (SSSR count). The molecule has 0 spiro atoms. The van der Waals surface area contributed by atoms with Gasteiger partial charge in [0.1, 0.15) is 5.02 Å². The highest BCUT2D eigenvalue weighted by molar-refractivity contribution is 9.10. The van der Waals surface area contributed by atoms with Crippen molar-refractivity contribution in [1.82, 2.24) is 14.8 Å². The van der Waals surface area contributed by atoms with E-state index in [1.54, 1.807) is 18.5 Å². The van der Waals surface area contributed by atoms with E-state index in [1.807, 2.05) is 24.7 Å². The second kappa shape index (κ2) is 5.06. The average Bonchev–Trinajstić information content (AvgIpc) is 2.71. The Hall–Kier alpha value is -1.07. The van der Waals surface area contributed by atoms with Gasteiger partial charge < -0.3 is 4.74 Å². The number of aromatic nitrogens is 3. The highest BCUT2D eigenvalue weighted by Crippen LogP contribution is 2.29. The predicted molar refractivity (Wildman–Crippen MR) is 69.6 cm³/mol. The zero-order valence-corrected chi connectivity index (χ0v) is 11.7. The first-order chi connectivity index (χ1) is 8.06. The molecule has 0 atom stereocenters. The molecule has 0 N–H and O–H groups in total. The Labute approximate surface area is 113 Å². The highest BCUT2D eigenvalue weighted by Gasteiger charge is 2.08. The van der Waals surface area contributed by atoms with Crippen molar-refractivity contribution in [3.63, 3.8) is 0 Å². The molecule has 0 unspecified atom stereocenters. The van der Waals surface area contributed by atoms with E-state index in [1.165, 1.54) is 0 Å². The van der Waals surface area contributed by atoms with Crippen LogP contribution in [0.15, 0.2) is 29.1 Å². The fourth-order valence-electron chi connectivity index (χ4n) is 1.24. The average molecular weight is 317 g/mol. The molecule has 0 saturated heterocycles. The van der Waals surface area contributed by atoms with Crippen molar-refractivity contribution >= 4 is 27.5 Å². The summed E-state index contributed by atoms with van der Waals surface area (Å²) in [6.45, 7) is 4.09. The van der Waals surface area contributed by atoms with Gasteiger partial charge in [0.25, 0.3) is 0 Å². The van der Waals surface area contributed by atoms with E-state index in [-0.39, 0.29) is 0 Å². The Morgan fingerprint density at radius 2 is 2.18 bits per heavy atom. The number of halogens is 2. The lowest BCUT2D eigenvalue weighted by Gasteiger charge is -2.05. The van der Waals surface area contributed by atoms with Crippen LogP contribution in [-0.4, -0.2) is 14.8 Å². The lowest BCUT2D eigenvalue weighted by atomic mass is 10.4. The largest absolute Gasteiger partial charge is 0.434 e. The summed E-state index contributed by atoms with van der Waals surface area (Å²) >= 11 is 9.29.